The van der Waals surface area contributed by atoms with Crippen LogP contribution in [0.15, 0.2) is 28.9 Å². The molecule has 0 aromatic carbocycles. The quantitative estimate of drug-likeness (QED) is 0.631. The Kier molecular flexibility index (Phi) is 6.46. The Morgan fingerprint density at radius 3 is 1.87 bits per heavy atom. The molecule has 0 spiro atoms. The second kappa shape index (κ2) is 8.21. The van der Waals surface area contributed by atoms with Crippen LogP contribution in [0.5, 0.6) is 0 Å². The van der Waals surface area contributed by atoms with Gasteiger partial charge in [0.15, 0.2) is 0 Å². The summed E-state index contributed by atoms with van der Waals surface area (Å²) in [4.78, 5) is 30.5. The van der Waals surface area contributed by atoms with Gasteiger partial charge in [0, 0.05) is 17.8 Å². The van der Waals surface area contributed by atoms with Crippen LogP contribution in [0.2, 0.25) is 19.6 Å². The number of amides is 2. The number of imide groups is 1. The third-order valence-corrected chi connectivity index (χ3v) is 5.39. The first kappa shape index (κ1) is 23.6. The van der Waals surface area contributed by atoms with Crippen LogP contribution in [0.25, 0.3) is 11.3 Å². The number of pyridine rings is 1. The molecular formula is C21H31N3O5Si. The topological polar surface area (TPSA) is 94.8 Å². The number of hydrogen-bond donors (Lipinski definition) is 0. The van der Waals surface area contributed by atoms with Crippen LogP contribution >= 0.6 is 0 Å². The Morgan fingerprint density at radius 1 is 0.967 bits per heavy atom. The molecule has 0 N–H and O–H groups in total. The third kappa shape index (κ3) is 6.41. The molecule has 9 heteroatoms. The lowest BCUT2D eigenvalue weighted by Crippen LogP contribution is -2.44. The molecule has 0 atom stereocenters. The maximum absolute atomic E-state index is 12.7. The summed E-state index contributed by atoms with van der Waals surface area (Å²) >= 11 is 0. The highest BCUT2D eigenvalue weighted by molar-refractivity contribution is 6.87. The van der Waals surface area contributed by atoms with E-state index in [9.17, 15) is 9.59 Å². The van der Waals surface area contributed by atoms with Crippen molar-refractivity contribution in [3.63, 3.8) is 0 Å². The van der Waals surface area contributed by atoms with Gasteiger partial charge in [0.2, 0.25) is 0 Å². The van der Waals surface area contributed by atoms with Gasteiger partial charge in [0.1, 0.15) is 36.2 Å². The second-order valence-corrected chi connectivity index (χ2v) is 15.0. The zero-order chi connectivity index (χ0) is 22.9. The molecule has 164 valence electrons. The van der Waals surface area contributed by atoms with Crippen molar-refractivity contribution < 1.29 is 23.6 Å². The predicted octanol–water partition coefficient (Wildman–Crippen LogP) is 4.96. The molecule has 0 bridgehead atoms. The van der Waals surface area contributed by atoms with Crippen LogP contribution < -0.4 is 10.3 Å². The van der Waals surface area contributed by atoms with Crippen molar-refractivity contribution in [2.75, 3.05) is 4.90 Å². The van der Waals surface area contributed by atoms with E-state index in [0.29, 0.717) is 11.3 Å². The molecule has 0 radical (unpaired) electrons. The van der Waals surface area contributed by atoms with Crippen molar-refractivity contribution in [2.24, 2.45) is 0 Å². The summed E-state index contributed by atoms with van der Waals surface area (Å²) in [7, 11) is -1.63. The van der Waals surface area contributed by atoms with Crippen molar-refractivity contribution in [2.45, 2.75) is 72.4 Å². The van der Waals surface area contributed by atoms with E-state index in [1.165, 1.54) is 6.20 Å². The average molecular weight is 434 g/mol. The molecule has 0 fully saturated rings. The number of carbonyl (C=O) groups excluding carboxylic acids is 2. The van der Waals surface area contributed by atoms with E-state index in [-0.39, 0.29) is 5.82 Å². The van der Waals surface area contributed by atoms with Crippen molar-refractivity contribution in [3.05, 3.63) is 24.4 Å². The van der Waals surface area contributed by atoms with Crippen LogP contribution in [0.4, 0.5) is 15.4 Å². The van der Waals surface area contributed by atoms with Crippen LogP contribution in [0.3, 0.4) is 0 Å². The highest BCUT2D eigenvalue weighted by Gasteiger charge is 2.33. The number of aromatic nitrogens is 2. The van der Waals surface area contributed by atoms with E-state index in [1.54, 1.807) is 53.7 Å². The van der Waals surface area contributed by atoms with Gasteiger partial charge < -0.3 is 14.0 Å². The summed E-state index contributed by atoms with van der Waals surface area (Å²) in [6, 6.07) is 5.17. The molecule has 0 aliphatic heterocycles. The van der Waals surface area contributed by atoms with Crippen molar-refractivity contribution >= 4 is 31.5 Å². The van der Waals surface area contributed by atoms with Crippen LogP contribution in [0.1, 0.15) is 41.5 Å². The first-order valence-corrected chi connectivity index (χ1v) is 13.3. The fourth-order valence-corrected chi connectivity index (χ4v) is 3.20. The Labute approximate surface area is 178 Å². The fraction of sp³-hybridized carbons (Fsp3) is 0.524. The molecular weight excluding hydrogens is 402 g/mol. The Balaban J connectivity index is 2.35. The molecule has 0 aliphatic carbocycles. The monoisotopic (exact) mass is 433 g/mol. The first-order chi connectivity index (χ1) is 13.6. The van der Waals surface area contributed by atoms with Crippen molar-refractivity contribution in [1.82, 2.24) is 10.1 Å². The van der Waals surface area contributed by atoms with E-state index in [0.717, 1.165) is 10.3 Å². The van der Waals surface area contributed by atoms with Gasteiger partial charge in [-0.1, -0.05) is 24.8 Å². The molecule has 2 aromatic heterocycles. The number of nitrogens with zero attached hydrogens (tertiary/aromatic N) is 3. The summed E-state index contributed by atoms with van der Waals surface area (Å²) in [6.45, 7) is 16.8. The average Bonchev–Trinajstić information content (AvgIpc) is 3.02. The van der Waals surface area contributed by atoms with E-state index < -0.39 is 31.5 Å². The lowest BCUT2D eigenvalue weighted by atomic mass is 10.2. The number of ether oxygens (including phenoxy) is 2. The van der Waals surface area contributed by atoms with Gasteiger partial charge in [-0.25, -0.2) is 14.6 Å². The number of carbonyl (C=O) groups is 2. The standard InChI is InChI=1S/C21H31N3O5Si/c1-20(2,3)27-18(25)24(19(26)28-21(4,5)6)16-11-10-14(13-22-16)15-12-17(29-23-15)30(7,8)9/h10-13H,1-9H3. The largest absolute Gasteiger partial charge is 0.443 e. The maximum atomic E-state index is 12.7. The molecule has 30 heavy (non-hydrogen) atoms. The minimum Gasteiger partial charge on any atom is -0.443 e. The summed E-state index contributed by atoms with van der Waals surface area (Å²) in [6.07, 6.45) is -0.193. The highest BCUT2D eigenvalue weighted by atomic mass is 28.3. The van der Waals surface area contributed by atoms with Gasteiger partial charge in [-0.05, 0) is 53.7 Å². The van der Waals surface area contributed by atoms with Gasteiger partial charge in [-0.2, -0.15) is 4.90 Å². The molecule has 0 saturated carbocycles. The third-order valence-electron chi connectivity index (χ3n) is 3.67. The van der Waals surface area contributed by atoms with Crippen molar-refractivity contribution in [1.29, 1.82) is 0 Å². The van der Waals surface area contributed by atoms with Gasteiger partial charge in [-0.15, -0.1) is 0 Å². The van der Waals surface area contributed by atoms with Gasteiger partial charge in [0.25, 0.3) is 0 Å². The molecule has 0 aliphatic rings. The molecule has 2 aromatic rings. The first-order valence-electron chi connectivity index (χ1n) is 9.76. The summed E-state index contributed by atoms with van der Waals surface area (Å²) in [5.74, 6) is 0.0937. The maximum Gasteiger partial charge on any atom is 0.425 e. The summed E-state index contributed by atoms with van der Waals surface area (Å²) in [5.41, 5.74) is -0.218. The molecule has 0 saturated heterocycles. The fourth-order valence-electron chi connectivity index (χ4n) is 2.31. The number of rotatable bonds is 3. The highest BCUT2D eigenvalue weighted by Crippen LogP contribution is 2.23. The molecule has 2 amide bonds. The molecule has 2 heterocycles. The minimum atomic E-state index is -1.63. The second-order valence-electron chi connectivity index (χ2n) is 10.0. The normalized spacial score (nSPS) is 12.4. The zero-order valence-electron chi connectivity index (χ0n) is 19.2. The van der Waals surface area contributed by atoms with Crippen LogP contribution in [0, 0.1) is 0 Å². The number of hydrogen-bond acceptors (Lipinski definition) is 7. The molecule has 8 nitrogen and oxygen atoms in total. The van der Waals surface area contributed by atoms with E-state index in [2.05, 4.69) is 29.8 Å². The molecule has 2 rings (SSSR count). The Bertz CT molecular complexity index is 874. The van der Waals surface area contributed by atoms with Gasteiger partial charge >= 0.3 is 12.2 Å². The SMILES string of the molecule is CC(C)(C)OC(=O)N(C(=O)OC(C)(C)C)c1ccc(-c2cc([Si](C)(C)C)on2)cn1. The van der Waals surface area contributed by atoms with E-state index in [1.807, 2.05) is 6.07 Å². The predicted molar refractivity (Wildman–Crippen MR) is 118 cm³/mol. The van der Waals surface area contributed by atoms with Gasteiger partial charge in [-0.3, -0.25) is 0 Å². The number of anilines is 1. The summed E-state index contributed by atoms with van der Waals surface area (Å²) < 4.78 is 16.2. The lowest BCUT2D eigenvalue weighted by molar-refractivity contribution is 0.0429. The van der Waals surface area contributed by atoms with Crippen LogP contribution in [-0.2, 0) is 9.47 Å². The Morgan fingerprint density at radius 2 is 1.50 bits per heavy atom. The van der Waals surface area contributed by atoms with Gasteiger partial charge in [0.05, 0.1) is 0 Å². The van der Waals surface area contributed by atoms with E-state index >= 15 is 0 Å². The van der Waals surface area contributed by atoms with Crippen molar-refractivity contribution in [3.8, 4) is 11.3 Å². The molecule has 0 unspecified atom stereocenters. The Hall–Kier alpha value is -2.68. The summed E-state index contributed by atoms with van der Waals surface area (Å²) in [5, 5.41) is 5.00. The van der Waals surface area contributed by atoms with Crippen LogP contribution in [-0.4, -0.2) is 41.6 Å². The smallest absolute Gasteiger partial charge is 0.425 e. The lowest BCUT2D eigenvalue weighted by Gasteiger charge is -2.28. The minimum absolute atomic E-state index is 0.0937. The zero-order valence-corrected chi connectivity index (χ0v) is 20.2. The van der Waals surface area contributed by atoms with E-state index in [4.69, 9.17) is 14.0 Å².